The fraction of sp³-hybridized carbons (Fsp3) is 0.0968. The summed E-state index contributed by atoms with van der Waals surface area (Å²) in [6.45, 7) is 1.04. The van der Waals surface area contributed by atoms with Gasteiger partial charge < -0.3 is 14.6 Å². The summed E-state index contributed by atoms with van der Waals surface area (Å²) >= 11 is 5.99. The van der Waals surface area contributed by atoms with E-state index in [4.69, 9.17) is 21.1 Å². The Morgan fingerprint density at radius 3 is 2.08 bits per heavy atom. The zero-order valence-electron chi connectivity index (χ0n) is 20.5. The Morgan fingerprint density at radius 2 is 1.39 bits per heavy atom. The van der Waals surface area contributed by atoms with E-state index in [0.29, 0.717) is 47.5 Å². The lowest BCUT2D eigenvalue weighted by Gasteiger charge is -2.13. The van der Waals surface area contributed by atoms with Gasteiger partial charge in [-0.1, -0.05) is 84.4 Å². The highest BCUT2D eigenvalue weighted by atomic mass is 35.5. The highest BCUT2D eigenvalue weighted by molar-refractivity contribution is 6.30. The van der Waals surface area contributed by atoms with Crippen molar-refractivity contribution in [1.29, 1.82) is 0 Å². The van der Waals surface area contributed by atoms with Gasteiger partial charge in [0, 0.05) is 16.7 Å². The number of carboxylic acids is 1. The fourth-order valence-electron chi connectivity index (χ4n) is 4.00. The Bertz CT molecular complexity index is 1520. The molecular formula is C31H25ClN2O4. The molecule has 1 N–H and O–H groups in total. The minimum absolute atomic E-state index is 0.0981. The first kappa shape index (κ1) is 25.1. The normalized spacial score (nSPS) is 10.8. The average molecular weight is 525 g/mol. The average Bonchev–Trinajstić information content (AvgIpc) is 3.36. The molecule has 5 rings (SSSR count). The van der Waals surface area contributed by atoms with Crippen LogP contribution in [0.1, 0.15) is 27.2 Å². The number of halogens is 1. The van der Waals surface area contributed by atoms with Gasteiger partial charge in [-0.15, -0.1) is 0 Å². The molecule has 6 nitrogen and oxygen atoms in total. The smallest absolute Gasteiger partial charge is 0.354 e. The summed E-state index contributed by atoms with van der Waals surface area (Å²) in [5.41, 5.74) is 4.22. The van der Waals surface area contributed by atoms with E-state index in [2.05, 4.69) is 5.10 Å². The minimum atomic E-state index is -1.05. The molecule has 0 aliphatic heterocycles. The van der Waals surface area contributed by atoms with Crippen molar-refractivity contribution in [1.82, 2.24) is 9.78 Å². The van der Waals surface area contributed by atoms with E-state index < -0.39 is 5.97 Å². The molecule has 0 bridgehead atoms. The summed E-state index contributed by atoms with van der Waals surface area (Å²) in [5.74, 6) is 0.118. The lowest BCUT2D eigenvalue weighted by atomic mass is 10.1. The van der Waals surface area contributed by atoms with Gasteiger partial charge >= 0.3 is 5.97 Å². The van der Waals surface area contributed by atoms with Crippen molar-refractivity contribution >= 4 is 17.6 Å². The van der Waals surface area contributed by atoms with Crippen LogP contribution >= 0.6 is 11.6 Å². The second-order valence-corrected chi connectivity index (χ2v) is 9.15. The molecule has 0 aliphatic carbocycles. The van der Waals surface area contributed by atoms with Gasteiger partial charge in [0.25, 0.3) is 0 Å². The SMILES string of the molecule is O=C(O)c1cc(-c2ccc(OCc3ccc(Cl)cc3)cc2OCc2ccccc2)nn1Cc1ccccc1. The minimum Gasteiger partial charge on any atom is -0.489 e. The maximum Gasteiger partial charge on any atom is 0.354 e. The van der Waals surface area contributed by atoms with Gasteiger partial charge in [-0.25, -0.2) is 4.79 Å². The molecule has 0 radical (unpaired) electrons. The Hall–Kier alpha value is -4.55. The number of hydrogen-bond acceptors (Lipinski definition) is 4. The summed E-state index contributed by atoms with van der Waals surface area (Å²) in [5, 5.41) is 15.2. The molecule has 1 heterocycles. The summed E-state index contributed by atoms with van der Waals surface area (Å²) < 4.78 is 13.7. The Balaban J connectivity index is 1.45. The molecule has 0 aliphatic rings. The van der Waals surface area contributed by atoms with Crippen LogP contribution in [0.4, 0.5) is 0 Å². The van der Waals surface area contributed by atoms with E-state index in [0.717, 1.165) is 16.7 Å². The van der Waals surface area contributed by atoms with E-state index in [1.807, 2.05) is 103 Å². The summed E-state index contributed by atoms with van der Waals surface area (Å²) in [7, 11) is 0. The molecule has 0 atom stereocenters. The van der Waals surface area contributed by atoms with Crippen LogP contribution in [-0.2, 0) is 19.8 Å². The van der Waals surface area contributed by atoms with Crippen LogP contribution in [0.3, 0.4) is 0 Å². The highest BCUT2D eigenvalue weighted by Gasteiger charge is 2.19. The van der Waals surface area contributed by atoms with Crippen molar-refractivity contribution in [3.63, 3.8) is 0 Å². The first-order valence-electron chi connectivity index (χ1n) is 12.1. The Morgan fingerprint density at radius 1 is 0.763 bits per heavy atom. The molecule has 0 saturated heterocycles. The van der Waals surface area contributed by atoms with Crippen LogP contribution in [0.15, 0.2) is 109 Å². The predicted octanol–water partition coefficient (Wildman–Crippen LogP) is 7.11. The van der Waals surface area contributed by atoms with Crippen molar-refractivity contribution < 1.29 is 19.4 Å². The maximum absolute atomic E-state index is 12.0. The number of nitrogens with zero attached hydrogens (tertiary/aromatic N) is 2. The van der Waals surface area contributed by atoms with Gasteiger partial charge in [0.15, 0.2) is 0 Å². The molecule has 4 aromatic carbocycles. The summed E-state index contributed by atoms with van der Waals surface area (Å²) in [4.78, 5) is 12.0. The van der Waals surface area contributed by atoms with Crippen LogP contribution in [0.25, 0.3) is 11.3 Å². The Kier molecular flexibility index (Phi) is 7.71. The number of rotatable bonds is 10. The van der Waals surface area contributed by atoms with Gasteiger partial charge in [0.05, 0.1) is 12.2 Å². The molecule has 190 valence electrons. The molecule has 38 heavy (non-hydrogen) atoms. The molecule has 0 spiro atoms. The van der Waals surface area contributed by atoms with Crippen LogP contribution in [0.5, 0.6) is 11.5 Å². The highest BCUT2D eigenvalue weighted by Crippen LogP contribution is 2.34. The van der Waals surface area contributed by atoms with Crippen molar-refractivity contribution in [3.8, 4) is 22.8 Å². The molecular weight excluding hydrogens is 500 g/mol. The number of hydrogen-bond donors (Lipinski definition) is 1. The fourth-order valence-corrected chi connectivity index (χ4v) is 4.13. The molecule has 5 aromatic rings. The second-order valence-electron chi connectivity index (χ2n) is 8.71. The molecule has 7 heteroatoms. The lowest BCUT2D eigenvalue weighted by Crippen LogP contribution is -2.10. The first-order valence-corrected chi connectivity index (χ1v) is 12.5. The van der Waals surface area contributed by atoms with Crippen molar-refractivity contribution in [3.05, 3.63) is 137 Å². The zero-order chi connectivity index (χ0) is 26.3. The molecule has 0 amide bonds. The summed E-state index contributed by atoms with van der Waals surface area (Å²) in [6.07, 6.45) is 0. The van der Waals surface area contributed by atoms with Gasteiger partial charge in [0.2, 0.25) is 0 Å². The molecule has 1 aromatic heterocycles. The lowest BCUT2D eigenvalue weighted by molar-refractivity contribution is 0.0684. The van der Waals surface area contributed by atoms with Crippen LogP contribution < -0.4 is 9.47 Å². The van der Waals surface area contributed by atoms with Crippen LogP contribution in [0, 0.1) is 0 Å². The molecule has 0 saturated carbocycles. The number of aromatic nitrogens is 2. The third kappa shape index (κ3) is 6.22. The van der Waals surface area contributed by atoms with Gasteiger partial charge in [-0.2, -0.15) is 5.10 Å². The van der Waals surface area contributed by atoms with Crippen molar-refractivity contribution in [2.75, 3.05) is 0 Å². The quantitative estimate of drug-likeness (QED) is 0.211. The topological polar surface area (TPSA) is 73.6 Å². The second kappa shape index (κ2) is 11.7. The van der Waals surface area contributed by atoms with Crippen molar-refractivity contribution in [2.45, 2.75) is 19.8 Å². The van der Waals surface area contributed by atoms with Gasteiger partial charge in [0.1, 0.15) is 30.4 Å². The standard InChI is InChI=1S/C31H25ClN2O4/c32-25-13-11-24(12-14-25)20-37-26-15-16-27(30(17-26)38-21-23-9-5-2-6-10-23)28-18-29(31(35)36)34(33-28)19-22-7-3-1-4-8-22/h1-18H,19-21H2,(H,35,36). The Labute approximate surface area is 225 Å². The third-order valence-electron chi connectivity index (χ3n) is 5.96. The predicted molar refractivity (Wildman–Crippen MR) is 147 cm³/mol. The van der Waals surface area contributed by atoms with Crippen LogP contribution in [0.2, 0.25) is 5.02 Å². The third-order valence-corrected chi connectivity index (χ3v) is 6.21. The van der Waals surface area contributed by atoms with Gasteiger partial charge in [-0.05, 0) is 47.0 Å². The maximum atomic E-state index is 12.0. The van der Waals surface area contributed by atoms with E-state index in [9.17, 15) is 9.90 Å². The van der Waals surface area contributed by atoms with E-state index in [-0.39, 0.29) is 5.69 Å². The van der Waals surface area contributed by atoms with E-state index in [1.54, 1.807) is 6.07 Å². The number of carbonyl (C=O) groups is 1. The number of carboxylic acid groups (broad SMARTS) is 1. The number of ether oxygens (including phenoxy) is 2. The first-order chi connectivity index (χ1) is 18.5. The molecule has 0 unspecified atom stereocenters. The van der Waals surface area contributed by atoms with Crippen molar-refractivity contribution in [2.24, 2.45) is 0 Å². The number of aromatic carboxylic acids is 1. The number of benzene rings is 4. The zero-order valence-corrected chi connectivity index (χ0v) is 21.2. The monoisotopic (exact) mass is 524 g/mol. The molecule has 0 fully saturated rings. The van der Waals surface area contributed by atoms with E-state index >= 15 is 0 Å². The van der Waals surface area contributed by atoms with Gasteiger partial charge in [-0.3, -0.25) is 4.68 Å². The summed E-state index contributed by atoms with van der Waals surface area (Å²) in [6, 6.07) is 34.0. The van der Waals surface area contributed by atoms with E-state index in [1.165, 1.54) is 4.68 Å². The largest absolute Gasteiger partial charge is 0.489 e. The van der Waals surface area contributed by atoms with Crippen LogP contribution in [-0.4, -0.2) is 20.9 Å².